The minimum atomic E-state index is -0.416. The first-order chi connectivity index (χ1) is 10.1. The molecule has 1 aromatic rings. The second-order valence-electron chi connectivity index (χ2n) is 6.43. The van der Waals surface area contributed by atoms with Gasteiger partial charge in [-0.1, -0.05) is 55.0 Å². The van der Waals surface area contributed by atoms with E-state index < -0.39 is 6.10 Å². The zero-order valence-electron chi connectivity index (χ0n) is 12.8. The van der Waals surface area contributed by atoms with Gasteiger partial charge in [-0.05, 0) is 48.4 Å². The van der Waals surface area contributed by atoms with Crippen LogP contribution in [0.2, 0.25) is 0 Å². The first-order valence-electron chi connectivity index (χ1n) is 8.22. The highest BCUT2D eigenvalue weighted by atomic mass is 79.9. The zero-order valence-corrected chi connectivity index (χ0v) is 14.4. The minimum absolute atomic E-state index is 0.214. The molecule has 0 amide bonds. The molecule has 1 atom stereocenters. The Hall–Kier alpha value is -0.410. The quantitative estimate of drug-likeness (QED) is 0.714. The van der Waals surface area contributed by atoms with Crippen molar-refractivity contribution in [3.05, 3.63) is 34.1 Å². The number of unbranched alkanes of at least 4 members (excludes halogenated alkanes) is 1. The molecule has 0 saturated heterocycles. The maximum atomic E-state index is 13.8. The van der Waals surface area contributed by atoms with Crippen LogP contribution in [0, 0.1) is 17.7 Å². The van der Waals surface area contributed by atoms with Crippen molar-refractivity contribution in [3.63, 3.8) is 0 Å². The zero-order chi connectivity index (χ0) is 15.2. The maximum absolute atomic E-state index is 13.8. The largest absolute Gasteiger partial charge is 0.392 e. The topological polar surface area (TPSA) is 20.2 Å². The van der Waals surface area contributed by atoms with Crippen molar-refractivity contribution in [2.75, 3.05) is 0 Å². The highest BCUT2D eigenvalue weighted by Gasteiger charge is 2.26. The van der Waals surface area contributed by atoms with Gasteiger partial charge < -0.3 is 5.11 Å². The van der Waals surface area contributed by atoms with Gasteiger partial charge in [0.05, 0.1) is 6.10 Å². The molecule has 0 aromatic heterocycles. The van der Waals surface area contributed by atoms with E-state index in [1.165, 1.54) is 38.2 Å². The van der Waals surface area contributed by atoms with Gasteiger partial charge in [-0.15, -0.1) is 0 Å². The lowest BCUT2D eigenvalue weighted by molar-refractivity contribution is 0.0719. The Balaban J connectivity index is 1.84. The van der Waals surface area contributed by atoms with Gasteiger partial charge in [-0.3, -0.25) is 0 Å². The molecule has 1 N–H and O–H groups in total. The molecule has 1 fully saturated rings. The van der Waals surface area contributed by atoms with Crippen LogP contribution in [0.5, 0.6) is 0 Å². The second kappa shape index (κ2) is 8.28. The molecular weight excluding hydrogens is 331 g/mol. The van der Waals surface area contributed by atoms with Gasteiger partial charge >= 0.3 is 0 Å². The standard InChI is InChI=1S/C18H26BrFO/c1-2-3-4-13-5-7-14(8-6-13)18(21)12-15-11-16(19)9-10-17(15)20/h9-11,13-14,18,21H,2-8,12H2,1H3. The molecule has 1 unspecified atom stereocenters. The fraction of sp³-hybridized carbons (Fsp3) is 0.667. The molecule has 1 aliphatic rings. The fourth-order valence-corrected chi connectivity index (χ4v) is 3.85. The molecule has 0 radical (unpaired) electrons. The summed E-state index contributed by atoms with van der Waals surface area (Å²) in [5.41, 5.74) is 0.616. The van der Waals surface area contributed by atoms with Crippen molar-refractivity contribution in [2.45, 2.75) is 64.4 Å². The smallest absolute Gasteiger partial charge is 0.126 e. The number of hydrogen-bond donors (Lipinski definition) is 1. The lowest BCUT2D eigenvalue weighted by Crippen LogP contribution is -2.27. The van der Waals surface area contributed by atoms with Crippen LogP contribution < -0.4 is 0 Å². The SMILES string of the molecule is CCCCC1CCC(C(O)Cc2cc(Br)ccc2F)CC1. The van der Waals surface area contributed by atoms with E-state index in [0.717, 1.165) is 23.2 Å². The van der Waals surface area contributed by atoms with E-state index in [2.05, 4.69) is 22.9 Å². The van der Waals surface area contributed by atoms with Crippen LogP contribution >= 0.6 is 15.9 Å². The van der Waals surface area contributed by atoms with E-state index in [9.17, 15) is 9.50 Å². The van der Waals surface area contributed by atoms with E-state index in [-0.39, 0.29) is 5.82 Å². The molecule has 118 valence electrons. The summed E-state index contributed by atoms with van der Waals surface area (Å²) in [5.74, 6) is 0.964. The van der Waals surface area contributed by atoms with Gasteiger partial charge in [0.25, 0.3) is 0 Å². The van der Waals surface area contributed by atoms with Gasteiger partial charge in [-0.25, -0.2) is 4.39 Å². The molecular formula is C18H26BrFO. The average molecular weight is 357 g/mol. The van der Waals surface area contributed by atoms with E-state index in [4.69, 9.17) is 0 Å². The Morgan fingerprint density at radius 3 is 2.67 bits per heavy atom. The molecule has 3 heteroatoms. The minimum Gasteiger partial charge on any atom is -0.392 e. The highest BCUT2D eigenvalue weighted by Crippen LogP contribution is 2.34. The molecule has 1 aromatic carbocycles. The Morgan fingerprint density at radius 2 is 2.00 bits per heavy atom. The molecule has 21 heavy (non-hydrogen) atoms. The van der Waals surface area contributed by atoms with Crippen LogP contribution in [0.3, 0.4) is 0 Å². The highest BCUT2D eigenvalue weighted by molar-refractivity contribution is 9.10. The molecule has 1 nitrogen and oxygen atoms in total. The third-order valence-corrected chi connectivity index (χ3v) is 5.33. The first kappa shape index (κ1) is 17.0. The van der Waals surface area contributed by atoms with Gasteiger partial charge in [0.1, 0.15) is 5.82 Å². The number of halogens is 2. The van der Waals surface area contributed by atoms with E-state index >= 15 is 0 Å². The summed E-state index contributed by atoms with van der Waals surface area (Å²) in [7, 11) is 0. The van der Waals surface area contributed by atoms with Crippen LogP contribution in [0.4, 0.5) is 4.39 Å². The van der Waals surface area contributed by atoms with Gasteiger partial charge in [0, 0.05) is 10.9 Å². The summed E-state index contributed by atoms with van der Waals surface area (Å²) in [4.78, 5) is 0. The van der Waals surface area contributed by atoms with Crippen LogP contribution in [0.25, 0.3) is 0 Å². The molecule has 0 bridgehead atoms. The average Bonchev–Trinajstić information content (AvgIpc) is 2.49. The maximum Gasteiger partial charge on any atom is 0.126 e. The summed E-state index contributed by atoms with van der Waals surface area (Å²) in [6, 6.07) is 4.95. The molecule has 0 spiro atoms. The van der Waals surface area contributed by atoms with Gasteiger partial charge in [0.15, 0.2) is 0 Å². The summed E-state index contributed by atoms with van der Waals surface area (Å²) < 4.78 is 14.6. The van der Waals surface area contributed by atoms with Gasteiger partial charge in [-0.2, -0.15) is 0 Å². The van der Waals surface area contributed by atoms with Crippen molar-refractivity contribution >= 4 is 15.9 Å². The molecule has 1 aliphatic carbocycles. The Kier molecular flexibility index (Phi) is 6.69. The van der Waals surface area contributed by atoms with Crippen LogP contribution in [-0.2, 0) is 6.42 Å². The second-order valence-corrected chi connectivity index (χ2v) is 7.35. The van der Waals surface area contributed by atoms with Crippen LogP contribution in [0.1, 0.15) is 57.4 Å². The van der Waals surface area contributed by atoms with Crippen molar-refractivity contribution in [1.29, 1.82) is 0 Å². The summed E-state index contributed by atoms with van der Waals surface area (Å²) in [6.07, 6.45) is 8.56. The Morgan fingerprint density at radius 1 is 1.29 bits per heavy atom. The normalized spacial score (nSPS) is 24.0. The monoisotopic (exact) mass is 356 g/mol. The van der Waals surface area contributed by atoms with E-state index in [1.807, 2.05) is 0 Å². The number of aliphatic hydroxyl groups is 1. The third kappa shape index (κ3) is 5.07. The number of aliphatic hydroxyl groups excluding tert-OH is 1. The van der Waals surface area contributed by atoms with Crippen molar-refractivity contribution in [2.24, 2.45) is 11.8 Å². The van der Waals surface area contributed by atoms with Crippen LogP contribution in [-0.4, -0.2) is 11.2 Å². The van der Waals surface area contributed by atoms with E-state index in [1.54, 1.807) is 12.1 Å². The summed E-state index contributed by atoms with van der Waals surface area (Å²) in [6.45, 7) is 2.24. The number of rotatable bonds is 6. The number of hydrogen-bond acceptors (Lipinski definition) is 1. The summed E-state index contributed by atoms with van der Waals surface area (Å²) in [5, 5.41) is 10.4. The third-order valence-electron chi connectivity index (χ3n) is 4.84. The lowest BCUT2D eigenvalue weighted by atomic mass is 9.76. The predicted octanol–water partition coefficient (Wildman–Crippen LogP) is 5.49. The lowest BCUT2D eigenvalue weighted by Gasteiger charge is -2.31. The van der Waals surface area contributed by atoms with Crippen molar-refractivity contribution in [3.8, 4) is 0 Å². The summed E-state index contributed by atoms with van der Waals surface area (Å²) >= 11 is 3.37. The van der Waals surface area contributed by atoms with Crippen molar-refractivity contribution < 1.29 is 9.50 Å². The molecule has 0 heterocycles. The molecule has 2 rings (SSSR count). The fourth-order valence-electron chi connectivity index (χ4n) is 3.45. The molecule has 0 aliphatic heterocycles. The number of benzene rings is 1. The first-order valence-corrected chi connectivity index (χ1v) is 9.01. The Labute approximate surface area is 136 Å². The van der Waals surface area contributed by atoms with Crippen molar-refractivity contribution in [1.82, 2.24) is 0 Å². The Bertz CT molecular complexity index is 441. The predicted molar refractivity (Wildman–Crippen MR) is 88.8 cm³/mol. The molecule has 1 saturated carbocycles. The van der Waals surface area contributed by atoms with E-state index in [0.29, 0.717) is 17.9 Å². The van der Waals surface area contributed by atoms with Crippen LogP contribution in [0.15, 0.2) is 22.7 Å². The van der Waals surface area contributed by atoms with Gasteiger partial charge in [0.2, 0.25) is 0 Å².